The molecule has 0 aromatic carbocycles. The highest BCUT2D eigenvalue weighted by Gasteiger charge is 2.36. The second kappa shape index (κ2) is 5.52. The van der Waals surface area contributed by atoms with Crippen molar-refractivity contribution in [2.24, 2.45) is 0 Å². The molecule has 1 saturated heterocycles. The van der Waals surface area contributed by atoms with Crippen molar-refractivity contribution in [2.45, 2.75) is 50.5 Å². The fourth-order valence-corrected chi connectivity index (χ4v) is 3.32. The number of fused-ring (bicyclic) bond motifs is 2. The van der Waals surface area contributed by atoms with Crippen molar-refractivity contribution in [2.75, 3.05) is 11.9 Å². The number of hydrogen-bond donors (Lipinski definition) is 4. The smallest absolute Gasteiger partial charge is 0.285 e. The molecule has 0 saturated carbocycles. The van der Waals surface area contributed by atoms with Gasteiger partial charge >= 0.3 is 0 Å². The molecule has 4 heterocycles. The lowest BCUT2D eigenvalue weighted by molar-refractivity contribution is -0.0432. The van der Waals surface area contributed by atoms with E-state index in [4.69, 9.17) is 4.74 Å². The summed E-state index contributed by atoms with van der Waals surface area (Å²) in [5.41, 5.74) is 0.00781. The van der Waals surface area contributed by atoms with Crippen LogP contribution in [0.5, 0.6) is 0 Å². The molecule has 2 aliphatic rings. The van der Waals surface area contributed by atoms with Crippen molar-refractivity contribution < 1.29 is 20.1 Å². The third-order valence-electron chi connectivity index (χ3n) is 4.56. The van der Waals surface area contributed by atoms with Gasteiger partial charge in [-0.15, -0.1) is 0 Å². The molecule has 2 aromatic rings. The first-order valence-corrected chi connectivity index (χ1v) is 7.87. The lowest BCUT2D eigenvalue weighted by Gasteiger charge is -2.28. The average molecular weight is 337 g/mol. The first kappa shape index (κ1) is 15.5. The number of ether oxygens (including phenoxy) is 1. The van der Waals surface area contributed by atoms with Gasteiger partial charge in [-0.25, -0.2) is 9.55 Å². The highest BCUT2D eigenvalue weighted by molar-refractivity contribution is 5.71. The lowest BCUT2D eigenvalue weighted by Crippen LogP contribution is -2.38. The lowest BCUT2D eigenvalue weighted by atomic mass is 10.2. The van der Waals surface area contributed by atoms with Crippen LogP contribution in [0.25, 0.3) is 11.2 Å². The first-order chi connectivity index (χ1) is 11.5. The fourth-order valence-electron chi connectivity index (χ4n) is 3.32. The Morgan fingerprint density at radius 3 is 2.92 bits per heavy atom. The van der Waals surface area contributed by atoms with Crippen LogP contribution in [-0.4, -0.2) is 59.3 Å². The van der Waals surface area contributed by atoms with E-state index in [1.807, 2.05) is 6.92 Å². The summed E-state index contributed by atoms with van der Waals surface area (Å²) in [5, 5.41) is 32.3. The van der Waals surface area contributed by atoms with E-state index >= 15 is 0 Å². The van der Waals surface area contributed by atoms with Crippen LogP contribution in [0.4, 0.5) is 5.95 Å². The first-order valence-electron chi connectivity index (χ1n) is 7.87. The minimum absolute atomic E-state index is 0.0240. The minimum atomic E-state index is -0.950. The number of rotatable bonds is 2. The number of aliphatic hydroxyl groups excluding tert-OH is 3. The van der Waals surface area contributed by atoms with Gasteiger partial charge in [0.1, 0.15) is 18.6 Å². The molecular weight excluding hydrogens is 318 g/mol. The maximum absolute atomic E-state index is 12.6. The van der Waals surface area contributed by atoms with Gasteiger partial charge in [-0.1, -0.05) is 0 Å². The van der Waals surface area contributed by atoms with Gasteiger partial charge in [-0.2, -0.15) is 4.98 Å². The Kier molecular flexibility index (Phi) is 3.57. The van der Waals surface area contributed by atoms with Gasteiger partial charge < -0.3 is 25.4 Å². The van der Waals surface area contributed by atoms with Crippen LogP contribution in [0.3, 0.4) is 0 Å². The van der Waals surface area contributed by atoms with E-state index in [9.17, 15) is 20.1 Å². The molecule has 0 aliphatic carbocycles. The van der Waals surface area contributed by atoms with Crippen LogP contribution >= 0.6 is 0 Å². The molecule has 2 aromatic heterocycles. The molecule has 5 atom stereocenters. The molecule has 1 fully saturated rings. The number of imidazole rings is 1. The van der Waals surface area contributed by atoms with E-state index in [2.05, 4.69) is 15.3 Å². The third-order valence-corrected chi connectivity index (χ3v) is 4.56. The Morgan fingerprint density at radius 2 is 2.21 bits per heavy atom. The van der Waals surface area contributed by atoms with Crippen molar-refractivity contribution in [1.29, 1.82) is 0 Å². The quantitative estimate of drug-likeness (QED) is 0.544. The Morgan fingerprint density at radius 1 is 1.42 bits per heavy atom. The normalized spacial score (nSPS) is 32.8. The fraction of sp³-hybridized carbons (Fsp3) is 0.643. The third kappa shape index (κ3) is 2.22. The molecule has 10 heteroatoms. The van der Waals surface area contributed by atoms with Gasteiger partial charge in [-0.05, 0) is 6.92 Å². The van der Waals surface area contributed by atoms with E-state index in [0.29, 0.717) is 12.1 Å². The van der Waals surface area contributed by atoms with E-state index in [1.165, 1.54) is 10.9 Å². The SMILES string of the molecule is C[C@@H]1C[C@@H](O)n2c(nc3c(ncn3C3C[C@H](O)[C@@H](CO)O3)c2=O)N1. The molecule has 0 radical (unpaired) electrons. The van der Waals surface area contributed by atoms with Crippen molar-refractivity contribution in [3.63, 3.8) is 0 Å². The number of nitrogens with one attached hydrogen (secondary N) is 1. The van der Waals surface area contributed by atoms with E-state index in [-0.39, 0.29) is 30.5 Å². The van der Waals surface area contributed by atoms with Crippen molar-refractivity contribution in [1.82, 2.24) is 19.1 Å². The Hall–Kier alpha value is -2.01. The molecule has 0 amide bonds. The standard InChI is InChI=1S/C14H19N5O5/c1-6-2-9(22)19-13(23)11-12(17-14(19)16-6)18(5-15-11)10-3-7(21)8(4-20)24-10/h5-10,20-22H,2-4H2,1H3,(H,16,17)/t6-,7+,8-,9-,10?/m1/s1. The van der Waals surface area contributed by atoms with E-state index in [0.717, 1.165) is 0 Å². The molecular formula is C14H19N5O5. The van der Waals surface area contributed by atoms with E-state index < -0.39 is 30.2 Å². The summed E-state index contributed by atoms with van der Waals surface area (Å²) < 4.78 is 8.37. The van der Waals surface area contributed by atoms with Crippen molar-refractivity contribution in [3.8, 4) is 0 Å². The second-order valence-electron chi connectivity index (χ2n) is 6.31. The number of nitrogens with zero attached hydrogens (tertiary/aromatic N) is 4. The zero-order valence-electron chi connectivity index (χ0n) is 13.0. The molecule has 0 spiro atoms. The second-order valence-corrected chi connectivity index (χ2v) is 6.31. The molecule has 4 N–H and O–H groups in total. The highest BCUT2D eigenvalue weighted by Crippen LogP contribution is 2.31. The summed E-state index contributed by atoms with van der Waals surface area (Å²) in [4.78, 5) is 21.2. The van der Waals surface area contributed by atoms with Gasteiger partial charge in [0.05, 0.1) is 19.0 Å². The van der Waals surface area contributed by atoms with Crippen LogP contribution in [-0.2, 0) is 4.74 Å². The van der Waals surface area contributed by atoms with Gasteiger partial charge in [0.2, 0.25) is 5.95 Å². The largest absolute Gasteiger partial charge is 0.394 e. The maximum atomic E-state index is 12.6. The molecule has 1 unspecified atom stereocenters. The van der Waals surface area contributed by atoms with Crippen molar-refractivity contribution in [3.05, 3.63) is 16.7 Å². The zero-order valence-corrected chi connectivity index (χ0v) is 13.0. The van der Waals surface area contributed by atoms with Gasteiger partial charge in [0, 0.05) is 18.9 Å². The van der Waals surface area contributed by atoms with Crippen LogP contribution in [0.1, 0.15) is 32.2 Å². The monoisotopic (exact) mass is 337 g/mol. The molecule has 10 nitrogen and oxygen atoms in total. The number of aromatic nitrogens is 4. The summed E-state index contributed by atoms with van der Waals surface area (Å²) in [5.74, 6) is 0.276. The molecule has 2 aliphatic heterocycles. The van der Waals surface area contributed by atoms with Gasteiger partial charge in [0.15, 0.2) is 11.2 Å². The minimum Gasteiger partial charge on any atom is -0.394 e. The van der Waals surface area contributed by atoms with Crippen LogP contribution < -0.4 is 10.9 Å². The topological polar surface area (TPSA) is 135 Å². The van der Waals surface area contributed by atoms with Crippen LogP contribution in [0.2, 0.25) is 0 Å². The Labute approximate surface area is 136 Å². The molecule has 4 rings (SSSR count). The molecule has 0 bridgehead atoms. The summed E-state index contributed by atoms with van der Waals surface area (Å²) in [6.07, 6.45) is -0.891. The molecule has 24 heavy (non-hydrogen) atoms. The predicted molar refractivity (Wildman–Crippen MR) is 82.4 cm³/mol. The summed E-state index contributed by atoms with van der Waals surface area (Å²) in [6.45, 7) is 1.60. The summed E-state index contributed by atoms with van der Waals surface area (Å²) in [6, 6.07) is -0.0240. The summed E-state index contributed by atoms with van der Waals surface area (Å²) in [7, 11) is 0. The van der Waals surface area contributed by atoms with Crippen molar-refractivity contribution >= 4 is 17.1 Å². The maximum Gasteiger partial charge on any atom is 0.285 e. The number of anilines is 1. The zero-order chi connectivity index (χ0) is 17.0. The summed E-state index contributed by atoms with van der Waals surface area (Å²) >= 11 is 0. The average Bonchev–Trinajstić information content (AvgIpc) is 3.09. The van der Waals surface area contributed by atoms with E-state index in [1.54, 1.807) is 4.57 Å². The van der Waals surface area contributed by atoms with Crippen LogP contribution in [0, 0.1) is 0 Å². The Balaban J connectivity index is 1.82. The van der Waals surface area contributed by atoms with Gasteiger partial charge in [0.25, 0.3) is 5.56 Å². The molecule has 130 valence electrons. The highest BCUT2D eigenvalue weighted by atomic mass is 16.5. The van der Waals surface area contributed by atoms with Crippen LogP contribution in [0.15, 0.2) is 11.1 Å². The predicted octanol–water partition coefficient (Wildman–Crippen LogP) is -1.07. The Bertz CT molecular complexity index is 833. The number of aliphatic hydroxyl groups is 3. The van der Waals surface area contributed by atoms with Gasteiger partial charge in [-0.3, -0.25) is 9.36 Å². The number of hydrogen-bond acceptors (Lipinski definition) is 8.